The molecule has 1 amide bonds. The third kappa shape index (κ3) is 5.62. The number of piperidine rings is 1. The van der Waals surface area contributed by atoms with Crippen LogP contribution in [0.1, 0.15) is 63.2 Å². The summed E-state index contributed by atoms with van der Waals surface area (Å²) in [7, 11) is 1.53. The first-order chi connectivity index (χ1) is 13.0. The monoisotopic (exact) mass is 377 g/mol. The zero-order chi connectivity index (χ0) is 19.8. The molecule has 0 spiro atoms. The summed E-state index contributed by atoms with van der Waals surface area (Å²) in [6.45, 7) is 6.52. The van der Waals surface area contributed by atoms with Crippen LogP contribution >= 0.6 is 0 Å². The third-order valence-electron chi connectivity index (χ3n) is 4.96. The highest BCUT2D eigenvalue weighted by molar-refractivity contribution is 5.92. The lowest BCUT2D eigenvalue weighted by Crippen LogP contribution is -2.49. The molecule has 0 aromatic heterocycles. The Labute approximate surface area is 161 Å². The molecule has 0 aliphatic carbocycles. The molecule has 1 heterocycles. The van der Waals surface area contributed by atoms with Crippen LogP contribution in [0.5, 0.6) is 11.5 Å². The summed E-state index contributed by atoms with van der Waals surface area (Å²) in [5.41, 5.74) is 0.335. The molecule has 0 N–H and O–H groups in total. The number of amides is 1. The molecule has 1 aliphatic heterocycles. The fraction of sp³-hybridized carbons (Fsp3) is 0.619. The van der Waals surface area contributed by atoms with Crippen LogP contribution in [0.15, 0.2) is 18.2 Å². The maximum atomic E-state index is 12.5. The zero-order valence-electron chi connectivity index (χ0n) is 16.8. The van der Waals surface area contributed by atoms with Gasteiger partial charge in [-0.05, 0) is 57.7 Å². The lowest BCUT2D eigenvalue weighted by molar-refractivity contribution is -0.140. The van der Waals surface area contributed by atoms with Gasteiger partial charge >= 0.3 is 5.97 Å². The number of ether oxygens (including phenoxy) is 3. The summed E-state index contributed by atoms with van der Waals surface area (Å²) in [4.78, 5) is 26.7. The number of likely N-dealkylation sites (tertiary alicyclic amines) is 1. The highest BCUT2D eigenvalue weighted by Crippen LogP contribution is 2.28. The standard InChI is InChI=1S/C21H31NO5/c1-5-6-12-26-18-11-10-17(13-19(18)25-4)21(24)27-14-20(23)22-15(2)8-7-9-16(22)3/h10-11,13,15-16H,5-9,12,14H2,1-4H3. The minimum absolute atomic E-state index is 0.144. The summed E-state index contributed by atoms with van der Waals surface area (Å²) in [5.74, 6) is 0.383. The molecule has 2 rings (SSSR count). The average Bonchev–Trinajstić information content (AvgIpc) is 2.66. The smallest absolute Gasteiger partial charge is 0.338 e. The number of carbonyl (C=O) groups is 2. The Morgan fingerprint density at radius 2 is 1.85 bits per heavy atom. The number of rotatable bonds is 8. The van der Waals surface area contributed by atoms with Gasteiger partial charge in [0.25, 0.3) is 5.91 Å². The summed E-state index contributed by atoms with van der Waals surface area (Å²) < 4.78 is 16.2. The van der Waals surface area contributed by atoms with E-state index in [-0.39, 0.29) is 24.6 Å². The topological polar surface area (TPSA) is 65.1 Å². The van der Waals surface area contributed by atoms with Gasteiger partial charge in [0.1, 0.15) is 0 Å². The molecule has 150 valence electrons. The molecule has 6 nitrogen and oxygen atoms in total. The van der Waals surface area contributed by atoms with Gasteiger partial charge in [0.15, 0.2) is 18.1 Å². The van der Waals surface area contributed by atoms with Crippen LogP contribution in [0.2, 0.25) is 0 Å². The van der Waals surface area contributed by atoms with Gasteiger partial charge in [0.2, 0.25) is 0 Å². The molecular weight excluding hydrogens is 346 g/mol. The van der Waals surface area contributed by atoms with E-state index in [4.69, 9.17) is 14.2 Å². The van der Waals surface area contributed by atoms with Crippen molar-refractivity contribution in [3.05, 3.63) is 23.8 Å². The second kappa shape index (κ2) is 10.2. The van der Waals surface area contributed by atoms with E-state index < -0.39 is 5.97 Å². The van der Waals surface area contributed by atoms with Crippen LogP contribution in [0.4, 0.5) is 0 Å². The van der Waals surface area contributed by atoms with E-state index in [1.807, 2.05) is 18.7 Å². The number of hydrogen-bond acceptors (Lipinski definition) is 5. The number of carbonyl (C=O) groups excluding carboxylic acids is 2. The van der Waals surface area contributed by atoms with Crippen molar-refractivity contribution in [2.75, 3.05) is 20.3 Å². The Balaban J connectivity index is 1.96. The second-order valence-electron chi connectivity index (χ2n) is 7.07. The largest absolute Gasteiger partial charge is 0.493 e. The van der Waals surface area contributed by atoms with Gasteiger partial charge in [-0.1, -0.05) is 13.3 Å². The number of nitrogens with zero attached hydrogens (tertiary/aromatic N) is 1. The van der Waals surface area contributed by atoms with Gasteiger partial charge in [-0.2, -0.15) is 0 Å². The molecule has 1 aliphatic rings. The van der Waals surface area contributed by atoms with Crippen molar-refractivity contribution < 1.29 is 23.8 Å². The van der Waals surface area contributed by atoms with Crippen molar-refractivity contribution in [1.82, 2.24) is 4.90 Å². The minimum Gasteiger partial charge on any atom is -0.493 e. The Hall–Kier alpha value is -2.24. The Morgan fingerprint density at radius 3 is 2.48 bits per heavy atom. The first kappa shape index (κ1) is 21.1. The van der Waals surface area contributed by atoms with E-state index >= 15 is 0 Å². The van der Waals surface area contributed by atoms with Crippen molar-refractivity contribution in [3.63, 3.8) is 0 Å². The lowest BCUT2D eigenvalue weighted by atomic mass is 9.97. The van der Waals surface area contributed by atoms with Crippen LogP contribution in [0.3, 0.4) is 0 Å². The SMILES string of the molecule is CCCCOc1ccc(C(=O)OCC(=O)N2C(C)CCCC2C)cc1OC. The van der Waals surface area contributed by atoms with Crippen molar-refractivity contribution >= 4 is 11.9 Å². The number of benzene rings is 1. The van der Waals surface area contributed by atoms with Gasteiger partial charge in [-0.3, -0.25) is 4.79 Å². The van der Waals surface area contributed by atoms with E-state index in [1.54, 1.807) is 18.2 Å². The van der Waals surface area contributed by atoms with Crippen molar-refractivity contribution in [2.45, 2.75) is 65.0 Å². The first-order valence-corrected chi connectivity index (χ1v) is 9.77. The molecule has 1 aromatic rings. The van der Waals surface area contributed by atoms with Crippen LogP contribution in [-0.4, -0.2) is 49.2 Å². The Bertz CT molecular complexity index is 635. The Kier molecular flexibility index (Phi) is 7.95. The zero-order valence-corrected chi connectivity index (χ0v) is 16.8. The van der Waals surface area contributed by atoms with E-state index in [1.165, 1.54) is 7.11 Å². The highest BCUT2D eigenvalue weighted by Gasteiger charge is 2.29. The fourth-order valence-electron chi connectivity index (χ4n) is 3.44. The quantitative estimate of drug-likeness (QED) is 0.509. The summed E-state index contributed by atoms with van der Waals surface area (Å²) in [6.07, 6.45) is 5.08. The molecule has 2 atom stereocenters. The molecule has 1 aromatic carbocycles. The molecule has 1 saturated heterocycles. The van der Waals surface area contributed by atoms with E-state index in [0.717, 1.165) is 32.1 Å². The van der Waals surface area contributed by atoms with E-state index in [9.17, 15) is 9.59 Å². The first-order valence-electron chi connectivity index (χ1n) is 9.77. The molecule has 1 fully saturated rings. The van der Waals surface area contributed by atoms with Crippen LogP contribution in [-0.2, 0) is 9.53 Å². The number of hydrogen-bond donors (Lipinski definition) is 0. The second-order valence-corrected chi connectivity index (χ2v) is 7.07. The molecule has 0 bridgehead atoms. The van der Waals surface area contributed by atoms with E-state index in [2.05, 4.69) is 6.92 Å². The van der Waals surface area contributed by atoms with Crippen molar-refractivity contribution in [2.24, 2.45) is 0 Å². The van der Waals surface area contributed by atoms with Crippen LogP contribution in [0, 0.1) is 0 Å². The van der Waals surface area contributed by atoms with Gasteiger partial charge < -0.3 is 19.1 Å². The van der Waals surface area contributed by atoms with Gasteiger partial charge in [-0.25, -0.2) is 4.79 Å². The predicted molar refractivity (Wildman–Crippen MR) is 103 cm³/mol. The fourth-order valence-corrected chi connectivity index (χ4v) is 3.44. The molecular formula is C21H31NO5. The number of esters is 1. The number of methoxy groups -OCH3 is 1. The van der Waals surface area contributed by atoms with Gasteiger partial charge in [0, 0.05) is 12.1 Å². The number of unbranched alkanes of at least 4 members (excludes halogenated alkanes) is 1. The molecule has 27 heavy (non-hydrogen) atoms. The maximum Gasteiger partial charge on any atom is 0.338 e. The van der Waals surface area contributed by atoms with Crippen LogP contribution in [0.25, 0.3) is 0 Å². The van der Waals surface area contributed by atoms with Crippen molar-refractivity contribution in [3.8, 4) is 11.5 Å². The summed E-state index contributed by atoms with van der Waals surface area (Å²) in [5, 5.41) is 0. The Morgan fingerprint density at radius 1 is 1.15 bits per heavy atom. The lowest BCUT2D eigenvalue weighted by Gasteiger charge is -2.38. The van der Waals surface area contributed by atoms with Gasteiger partial charge in [-0.15, -0.1) is 0 Å². The summed E-state index contributed by atoms with van der Waals surface area (Å²) >= 11 is 0. The molecule has 2 unspecified atom stereocenters. The summed E-state index contributed by atoms with van der Waals surface area (Å²) in [6, 6.07) is 5.27. The normalized spacial score (nSPS) is 19.5. The van der Waals surface area contributed by atoms with Crippen molar-refractivity contribution in [1.29, 1.82) is 0 Å². The maximum absolute atomic E-state index is 12.5. The molecule has 0 radical (unpaired) electrons. The molecule has 6 heteroatoms. The van der Waals surface area contributed by atoms with E-state index in [0.29, 0.717) is 23.7 Å². The minimum atomic E-state index is -0.543. The van der Waals surface area contributed by atoms with Gasteiger partial charge in [0.05, 0.1) is 19.3 Å². The third-order valence-corrected chi connectivity index (χ3v) is 4.96. The van der Waals surface area contributed by atoms with Crippen LogP contribution < -0.4 is 9.47 Å². The molecule has 0 saturated carbocycles. The average molecular weight is 377 g/mol. The predicted octanol–water partition coefficient (Wildman–Crippen LogP) is 3.82. The highest BCUT2D eigenvalue weighted by atomic mass is 16.5.